The Labute approximate surface area is 172 Å². The molecule has 136 valence electrons. The summed E-state index contributed by atoms with van der Waals surface area (Å²) in [6.45, 7) is 0. The Hall–Kier alpha value is -2.96. The number of nitrogens with zero attached hydrogens (tertiary/aromatic N) is 1. The molecule has 0 aliphatic carbocycles. The molecule has 0 saturated carbocycles. The van der Waals surface area contributed by atoms with E-state index in [1.54, 1.807) is 6.20 Å². The van der Waals surface area contributed by atoms with E-state index in [-0.39, 0.29) is 5.63 Å². The highest BCUT2D eigenvalue weighted by atomic mass is 79.9. The van der Waals surface area contributed by atoms with Gasteiger partial charge in [0.1, 0.15) is 5.58 Å². The van der Waals surface area contributed by atoms with Crippen molar-refractivity contribution in [2.24, 2.45) is 0 Å². The van der Waals surface area contributed by atoms with E-state index >= 15 is 0 Å². The topological polar surface area (TPSA) is 55.1 Å². The molecule has 0 bridgehead atoms. The lowest BCUT2D eigenvalue weighted by Gasteiger charge is -2.04. The van der Waals surface area contributed by atoms with Crippen LogP contribution in [0.25, 0.3) is 32.2 Å². The predicted molar refractivity (Wildman–Crippen MR) is 119 cm³/mol. The van der Waals surface area contributed by atoms with Crippen LogP contribution in [0.2, 0.25) is 0 Å². The van der Waals surface area contributed by atoms with Gasteiger partial charge >= 0.3 is 5.63 Å². The van der Waals surface area contributed by atoms with Gasteiger partial charge in [0.2, 0.25) is 0 Å². The smallest absolute Gasteiger partial charge is 0.345 e. The molecule has 0 saturated heterocycles. The molecule has 5 aromatic rings. The first-order valence-electron chi connectivity index (χ1n) is 8.62. The van der Waals surface area contributed by atoms with Crippen molar-refractivity contribution in [1.82, 2.24) is 4.98 Å². The van der Waals surface area contributed by atoms with Gasteiger partial charge in [0.25, 0.3) is 0 Å². The molecule has 1 N–H and O–H groups in total. The number of rotatable bonds is 3. The average Bonchev–Trinajstić information content (AvgIpc) is 3.17. The van der Waals surface area contributed by atoms with Gasteiger partial charge in [-0.3, -0.25) is 0 Å². The summed E-state index contributed by atoms with van der Waals surface area (Å²) in [6, 6.07) is 21.6. The molecule has 3 aromatic carbocycles. The van der Waals surface area contributed by atoms with E-state index in [1.165, 1.54) is 11.3 Å². The van der Waals surface area contributed by atoms with Crippen LogP contribution in [0, 0.1) is 0 Å². The normalized spacial score (nSPS) is 11.2. The van der Waals surface area contributed by atoms with Crippen molar-refractivity contribution in [3.8, 4) is 10.4 Å². The molecule has 0 aliphatic heterocycles. The van der Waals surface area contributed by atoms with Crippen molar-refractivity contribution in [3.63, 3.8) is 0 Å². The van der Waals surface area contributed by atoms with Crippen molar-refractivity contribution in [1.29, 1.82) is 0 Å². The third-order valence-corrected chi connectivity index (χ3v) is 5.98. The van der Waals surface area contributed by atoms with Gasteiger partial charge in [-0.25, -0.2) is 9.78 Å². The lowest BCUT2D eigenvalue weighted by Crippen LogP contribution is -2.01. The first-order valence-corrected chi connectivity index (χ1v) is 10.2. The van der Waals surface area contributed by atoms with Gasteiger partial charge in [-0.1, -0.05) is 57.6 Å². The molecule has 2 heterocycles. The van der Waals surface area contributed by atoms with E-state index in [9.17, 15) is 4.79 Å². The monoisotopic (exact) mass is 448 g/mol. The summed E-state index contributed by atoms with van der Waals surface area (Å²) in [5, 5.41) is 7.06. The predicted octanol–water partition coefficient (Wildman–Crippen LogP) is 6.58. The first kappa shape index (κ1) is 17.2. The number of fused-ring (bicyclic) bond motifs is 3. The van der Waals surface area contributed by atoms with E-state index in [1.807, 2.05) is 66.7 Å². The zero-order valence-corrected chi connectivity index (χ0v) is 16.9. The second-order valence-corrected chi connectivity index (χ2v) is 8.25. The summed E-state index contributed by atoms with van der Waals surface area (Å²) in [4.78, 5) is 17.7. The largest absolute Gasteiger partial charge is 0.422 e. The van der Waals surface area contributed by atoms with Gasteiger partial charge in [0.05, 0.1) is 10.4 Å². The van der Waals surface area contributed by atoms with Crippen molar-refractivity contribution >= 4 is 59.8 Å². The molecule has 28 heavy (non-hydrogen) atoms. The number of halogens is 1. The van der Waals surface area contributed by atoms with Crippen LogP contribution in [0.5, 0.6) is 0 Å². The molecule has 2 aromatic heterocycles. The van der Waals surface area contributed by atoms with Gasteiger partial charge in [-0.05, 0) is 47.2 Å². The molecule has 0 aliphatic rings. The van der Waals surface area contributed by atoms with Crippen LogP contribution in [0.3, 0.4) is 0 Å². The minimum absolute atomic E-state index is 0.360. The van der Waals surface area contributed by atoms with Gasteiger partial charge in [-0.15, -0.1) is 0 Å². The molecule has 4 nitrogen and oxygen atoms in total. The second-order valence-electron chi connectivity index (χ2n) is 6.31. The number of aromatic nitrogens is 1. The maximum Gasteiger partial charge on any atom is 0.345 e. The first-order chi connectivity index (χ1) is 13.7. The van der Waals surface area contributed by atoms with Gasteiger partial charge < -0.3 is 9.73 Å². The molecular formula is C22H13BrN2O2S. The number of anilines is 2. The SMILES string of the molecule is O=c1oc2ccc3ccccc3c2cc1-c1cnc(Nc2ccc(Br)cc2)s1. The maximum absolute atomic E-state index is 12.6. The third kappa shape index (κ3) is 3.10. The Morgan fingerprint density at radius 3 is 2.64 bits per heavy atom. The highest BCUT2D eigenvalue weighted by molar-refractivity contribution is 9.10. The quantitative estimate of drug-likeness (QED) is 0.250. The van der Waals surface area contributed by atoms with Crippen molar-refractivity contribution in [2.75, 3.05) is 5.32 Å². The lowest BCUT2D eigenvalue weighted by molar-refractivity contribution is 0.564. The molecule has 0 amide bonds. The number of benzene rings is 3. The molecule has 0 radical (unpaired) electrons. The second kappa shape index (κ2) is 6.89. The summed E-state index contributed by atoms with van der Waals surface area (Å²) in [5.74, 6) is 0. The minimum atomic E-state index is -0.360. The van der Waals surface area contributed by atoms with Crippen LogP contribution < -0.4 is 10.9 Å². The minimum Gasteiger partial charge on any atom is -0.422 e. The number of hydrogen-bond donors (Lipinski definition) is 1. The van der Waals surface area contributed by atoms with Crippen LogP contribution >= 0.6 is 27.3 Å². The van der Waals surface area contributed by atoms with Crippen molar-refractivity contribution in [3.05, 3.63) is 87.8 Å². The van der Waals surface area contributed by atoms with Crippen molar-refractivity contribution in [2.45, 2.75) is 0 Å². The molecule has 6 heteroatoms. The summed E-state index contributed by atoms with van der Waals surface area (Å²) >= 11 is 4.84. The molecule has 0 fully saturated rings. The Balaban J connectivity index is 1.58. The maximum atomic E-state index is 12.6. The summed E-state index contributed by atoms with van der Waals surface area (Å²) in [7, 11) is 0. The van der Waals surface area contributed by atoms with Crippen LogP contribution in [0.4, 0.5) is 10.8 Å². The number of thiazole rings is 1. The number of hydrogen-bond acceptors (Lipinski definition) is 5. The Kier molecular flexibility index (Phi) is 4.22. The van der Waals surface area contributed by atoms with E-state index in [2.05, 4.69) is 26.2 Å². The van der Waals surface area contributed by atoms with E-state index in [0.717, 1.165) is 36.3 Å². The zero-order chi connectivity index (χ0) is 19.1. The van der Waals surface area contributed by atoms with Crippen LogP contribution in [-0.2, 0) is 0 Å². The Morgan fingerprint density at radius 2 is 1.79 bits per heavy atom. The third-order valence-electron chi connectivity index (χ3n) is 4.51. The highest BCUT2D eigenvalue weighted by Crippen LogP contribution is 2.32. The zero-order valence-electron chi connectivity index (χ0n) is 14.5. The summed E-state index contributed by atoms with van der Waals surface area (Å²) < 4.78 is 6.61. The fourth-order valence-electron chi connectivity index (χ4n) is 3.16. The van der Waals surface area contributed by atoms with Gasteiger partial charge in [0.15, 0.2) is 5.13 Å². The summed E-state index contributed by atoms with van der Waals surface area (Å²) in [5.41, 5.74) is 1.68. The molecule has 0 unspecified atom stereocenters. The van der Waals surface area contributed by atoms with Crippen molar-refractivity contribution < 1.29 is 4.42 Å². The fourth-order valence-corrected chi connectivity index (χ4v) is 4.26. The van der Waals surface area contributed by atoms with Gasteiger partial charge in [0, 0.05) is 21.7 Å². The molecule has 0 spiro atoms. The summed E-state index contributed by atoms with van der Waals surface area (Å²) in [6.07, 6.45) is 1.70. The standard InChI is InChI=1S/C22H13BrN2O2S/c23-14-6-8-15(9-7-14)25-22-24-12-20(28-22)18-11-17-16-4-2-1-3-13(16)5-10-19(17)27-21(18)26/h1-12H,(H,24,25). The van der Waals surface area contributed by atoms with Crippen LogP contribution in [0.1, 0.15) is 0 Å². The van der Waals surface area contributed by atoms with E-state index in [4.69, 9.17) is 4.42 Å². The average molecular weight is 449 g/mol. The van der Waals surface area contributed by atoms with E-state index in [0.29, 0.717) is 11.1 Å². The van der Waals surface area contributed by atoms with Crippen LogP contribution in [-0.4, -0.2) is 4.98 Å². The van der Waals surface area contributed by atoms with Gasteiger partial charge in [-0.2, -0.15) is 0 Å². The van der Waals surface area contributed by atoms with E-state index < -0.39 is 0 Å². The molecule has 0 atom stereocenters. The molecular weight excluding hydrogens is 436 g/mol. The fraction of sp³-hybridized carbons (Fsp3) is 0. The molecule has 5 rings (SSSR count). The van der Waals surface area contributed by atoms with Crippen LogP contribution in [0.15, 0.2) is 86.6 Å². The number of nitrogens with one attached hydrogen (secondary N) is 1. The highest BCUT2D eigenvalue weighted by Gasteiger charge is 2.13. The Morgan fingerprint density at radius 1 is 0.964 bits per heavy atom. The lowest BCUT2D eigenvalue weighted by atomic mass is 10.0. The Bertz CT molecular complexity index is 1370.